The smallest absolute Gasteiger partial charge is 0.213 e. The predicted octanol–water partition coefficient (Wildman–Crippen LogP) is 2.43. The van der Waals surface area contributed by atoms with Crippen molar-refractivity contribution in [2.24, 2.45) is 0 Å². The maximum absolute atomic E-state index is 11.3. The van der Waals surface area contributed by atoms with E-state index in [0.29, 0.717) is 4.90 Å². The molecule has 2 nitrogen and oxygen atoms in total. The first kappa shape index (κ1) is 9.98. The van der Waals surface area contributed by atoms with Gasteiger partial charge in [-0.15, -0.1) is 0 Å². The number of rotatable bonds is 1. The third-order valence-corrected chi connectivity index (χ3v) is 4.11. The summed E-state index contributed by atoms with van der Waals surface area (Å²) < 4.78 is 22.5. The van der Waals surface area contributed by atoms with Crippen LogP contribution in [0.1, 0.15) is 11.1 Å². The fourth-order valence-electron chi connectivity index (χ4n) is 1.18. The fraction of sp³-hybridized carbons (Fsp3) is 0.250. The quantitative estimate of drug-likeness (QED) is 0.589. The highest BCUT2D eigenvalue weighted by Gasteiger charge is 2.14. The monoisotopic (exact) mass is 296 g/mol. The molecule has 0 saturated heterocycles. The molecule has 0 radical (unpaired) electrons. The molecular formula is C8H9IO2S. The lowest BCUT2D eigenvalue weighted by molar-refractivity contribution is 0.611. The van der Waals surface area contributed by atoms with Crippen LogP contribution >= 0.6 is 21.2 Å². The molecule has 0 atom stereocenters. The van der Waals surface area contributed by atoms with E-state index in [1.807, 2.05) is 6.07 Å². The summed E-state index contributed by atoms with van der Waals surface area (Å²) in [5, 5.41) is 0. The Balaban J connectivity index is 3.53. The molecule has 0 aliphatic rings. The van der Waals surface area contributed by atoms with Crippen molar-refractivity contribution in [1.82, 2.24) is 0 Å². The summed E-state index contributed by atoms with van der Waals surface area (Å²) in [6, 6.07) is 5.47. The van der Waals surface area contributed by atoms with Crippen LogP contribution in [-0.4, -0.2) is 8.42 Å². The summed E-state index contributed by atoms with van der Waals surface area (Å²) in [7, 11) is -3.09. The average Bonchev–Trinajstić information content (AvgIpc) is 1.82. The van der Waals surface area contributed by atoms with Gasteiger partial charge in [-0.25, -0.2) is 8.42 Å². The van der Waals surface area contributed by atoms with E-state index in [1.165, 1.54) is 21.2 Å². The van der Waals surface area contributed by atoms with E-state index in [9.17, 15) is 8.42 Å². The second kappa shape index (κ2) is 3.33. The topological polar surface area (TPSA) is 34.1 Å². The maximum Gasteiger partial charge on any atom is 0.231 e. The van der Waals surface area contributed by atoms with Crippen molar-refractivity contribution in [3.63, 3.8) is 0 Å². The van der Waals surface area contributed by atoms with Crippen molar-refractivity contribution in [3.8, 4) is 0 Å². The van der Waals surface area contributed by atoms with Gasteiger partial charge in [0.05, 0.1) is 26.1 Å². The Morgan fingerprint density at radius 3 is 1.83 bits per heavy atom. The SMILES string of the molecule is Cc1cccc(C)c1S(=O)(=O)I. The van der Waals surface area contributed by atoms with Crippen LogP contribution in [0.25, 0.3) is 0 Å². The minimum Gasteiger partial charge on any atom is -0.213 e. The van der Waals surface area contributed by atoms with Gasteiger partial charge in [0.15, 0.2) is 0 Å². The molecule has 66 valence electrons. The molecule has 1 aromatic rings. The fourth-order valence-corrected chi connectivity index (χ4v) is 4.17. The molecule has 0 saturated carbocycles. The number of hydrogen-bond donors (Lipinski definition) is 0. The van der Waals surface area contributed by atoms with Crippen molar-refractivity contribution in [1.29, 1.82) is 0 Å². The lowest BCUT2D eigenvalue weighted by Crippen LogP contribution is -1.96. The third kappa shape index (κ3) is 1.98. The summed E-state index contributed by atoms with van der Waals surface area (Å²) in [5.74, 6) is 0. The molecule has 0 amide bonds. The number of hydrogen-bond acceptors (Lipinski definition) is 2. The first-order chi connectivity index (χ1) is 5.43. The third-order valence-electron chi connectivity index (χ3n) is 1.65. The highest BCUT2D eigenvalue weighted by molar-refractivity contribution is 14.2. The van der Waals surface area contributed by atoms with Crippen LogP contribution in [0.2, 0.25) is 0 Å². The van der Waals surface area contributed by atoms with E-state index >= 15 is 0 Å². The Bertz CT molecular complexity index is 375. The molecule has 0 heterocycles. The molecule has 0 N–H and O–H groups in total. The first-order valence-corrected chi connectivity index (χ1v) is 7.46. The van der Waals surface area contributed by atoms with Gasteiger partial charge in [-0.1, -0.05) is 18.2 Å². The number of halogens is 1. The summed E-state index contributed by atoms with van der Waals surface area (Å²) in [4.78, 5) is 0.450. The Labute approximate surface area is 84.5 Å². The van der Waals surface area contributed by atoms with Crippen molar-refractivity contribution >= 4 is 28.2 Å². The lowest BCUT2D eigenvalue weighted by Gasteiger charge is -2.04. The summed E-state index contributed by atoms with van der Waals surface area (Å²) in [6.07, 6.45) is 0. The second-order valence-corrected chi connectivity index (χ2v) is 7.42. The molecule has 1 rings (SSSR count). The Hall–Kier alpha value is -0.100. The zero-order chi connectivity index (χ0) is 9.35. The first-order valence-electron chi connectivity index (χ1n) is 3.44. The van der Waals surface area contributed by atoms with Gasteiger partial charge in [-0.05, 0) is 25.0 Å². The van der Waals surface area contributed by atoms with Crippen LogP contribution in [0.4, 0.5) is 0 Å². The van der Waals surface area contributed by atoms with Gasteiger partial charge in [0.25, 0.3) is 0 Å². The van der Waals surface area contributed by atoms with Crippen molar-refractivity contribution in [3.05, 3.63) is 29.3 Å². The van der Waals surface area contributed by atoms with E-state index in [1.54, 1.807) is 26.0 Å². The molecule has 12 heavy (non-hydrogen) atoms. The zero-order valence-corrected chi connectivity index (χ0v) is 9.81. The summed E-state index contributed by atoms with van der Waals surface area (Å²) in [5.41, 5.74) is 1.62. The van der Waals surface area contributed by atoms with Gasteiger partial charge in [0.1, 0.15) is 0 Å². The minimum atomic E-state index is -3.09. The maximum atomic E-state index is 11.3. The molecule has 0 aliphatic heterocycles. The van der Waals surface area contributed by atoms with E-state index in [4.69, 9.17) is 0 Å². The van der Waals surface area contributed by atoms with Gasteiger partial charge in [0.2, 0.25) is 7.01 Å². The van der Waals surface area contributed by atoms with Crippen molar-refractivity contribution in [2.75, 3.05) is 0 Å². The highest BCUT2D eigenvalue weighted by Crippen LogP contribution is 2.24. The molecule has 4 heteroatoms. The van der Waals surface area contributed by atoms with Crippen LogP contribution in [-0.2, 0) is 7.01 Å². The van der Waals surface area contributed by atoms with E-state index < -0.39 is 7.01 Å². The molecule has 0 aromatic heterocycles. The van der Waals surface area contributed by atoms with Crippen LogP contribution in [0.15, 0.2) is 23.1 Å². The molecule has 0 fully saturated rings. The van der Waals surface area contributed by atoms with E-state index in [2.05, 4.69) is 0 Å². The second-order valence-electron chi connectivity index (χ2n) is 2.66. The van der Waals surface area contributed by atoms with Gasteiger partial charge in [0, 0.05) is 0 Å². The van der Waals surface area contributed by atoms with Crippen LogP contribution < -0.4 is 0 Å². The minimum absolute atomic E-state index is 0.450. The van der Waals surface area contributed by atoms with E-state index in [-0.39, 0.29) is 0 Å². The largest absolute Gasteiger partial charge is 0.231 e. The molecule has 0 spiro atoms. The van der Waals surface area contributed by atoms with Crippen molar-refractivity contribution < 1.29 is 8.42 Å². The van der Waals surface area contributed by atoms with E-state index in [0.717, 1.165) is 11.1 Å². The van der Waals surface area contributed by atoms with Crippen molar-refractivity contribution in [2.45, 2.75) is 18.7 Å². The van der Waals surface area contributed by atoms with Gasteiger partial charge in [-0.2, -0.15) is 0 Å². The highest BCUT2D eigenvalue weighted by atomic mass is 127. The Kier molecular flexibility index (Phi) is 2.77. The average molecular weight is 296 g/mol. The number of benzene rings is 1. The Morgan fingerprint density at radius 1 is 1.17 bits per heavy atom. The van der Waals surface area contributed by atoms with Crippen LogP contribution in [0.5, 0.6) is 0 Å². The normalized spacial score (nSPS) is 11.6. The predicted molar refractivity (Wildman–Crippen MR) is 57.1 cm³/mol. The molecule has 0 unspecified atom stereocenters. The summed E-state index contributed by atoms with van der Waals surface area (Å²) in [6.45, 7) is 3.61. The van der Waals surface area contributed by atoms with Gasteiger partial charge >= 0.3 is 0 Å². The van der Waals surface area contributed by atoms with Gasteiger partial charge < -0.3 is 0 Å². The van der Waals surface area contributed by atoms with Gasteiger partial charge in [-0.3, -0.25) is 0 Å². The van der Waals surface area contributed by atoms with Crippen LogP contribution in [0.3, 0.4) is 0 Å². The molecule has 1 aromatic carbocycles. The Morgan fingerprint density at radius 2 is 1.58 bits per heavy atom. The number of aryl methyl sites for hydroxylation is 2. The molecule has 0 bridgehead atoms. The molecular weight excluding hydrogens is 287 g/mol. The molecule has 0 aliphatic carbocycles. The van der Waals surface area contributed by atoms with Crippen LogP contribution in [0, 0.1) is 13.8 Å². The zero-order valence-electron chi connectivity index (χ0n) is 6.83. The lowest BCUT2D eigenvalue weighted by atomic mass is 10.2. The standard InChI is InChI=1S/C8H9IO2S/c1-6-4-3-5-7(2)8(6)12(9,10)11/h3-5H,1-2H3. The summed E-state index contributed by atoms with van der Waals surface area (Å²) >= 11 is 1.47.